The van der Waals surface area contributed by atoms with Gasteiger partial charge in [-0.05, 0) is 35.4 Å². The molecular weight excluding hydrogens is 281 g/mol. The number of amides is 1. The Morgan fingerprint density at radius 2 is 1.82 bits per heavy atom. The Hall–Kier alpha value is -2.82. The van der Waals surface area contributed by atoms with E-state index in [1.807, 2.05) is 18.2 Å². The Bertz CT molecular complexity index is 820. The van der Waals surface area contributed by atoms with Crippen LogP contribution in [0.3, 0.4) is 0 Å². The number of hydrogen-bond donors (Lipinski definition) is 1. The number of carbonyl (C=O) groups excluding carboxylic acids is 1. The van der Waals surface area contributed by atoms with Gasteiger partial charge >= 0.3 is 0 Å². The van der Waals surface area contributed by atoms with E-state index in [4.69, 9.17) is 0 Å². The monoisotopic (exact) mass is 295 g/mol. The van der Waals surface area contributed by atoms with Crippen molar-refractivity contribution in [2.45, 2.75) is 13.0 Å². The van der Waals surface area contributed by atoms with E-state index in [2.05, 4.69) is 15.3 Å². The first-order valence-corrected chi connectivity index (χ1v) is 6.91. The van der Waals surface area contributed by atoms with Crippen molar-refractivity contribution in [3.8, 4) is 0 Å². The molecule has 0 saturated carbocycles. The molecule has 4 nitrogen and oxygen atoms in total. The summed E-state index contributed by atoms with van der Waals surface area (Å²) in [5, 5.41) is 2.82. The molecule has 0 spiro atoms. The Kier molecular flexibility index (Phi) is 4.05. The van der Waals surface area contributed by atoms with Crippen molar-refractivity contribution in [1.82, 2.24) is 15.3 Å². The van der Waals surface area contributed by atoms with Crippen LogP contribution in [-0.2, 0) is 17.8 Å². The van der Waals surface area contributed by atoms with E-state index in [-0.39, 0.29) is 18.1 Å². The molecule has 0 atom stereocenters. The summed E-state index contributed by atoms with van der Waals surface area (Å²) in [6.07, 6.45) is 3.43. The lowest BCUT2D eigenvalue weighted by molar-refractivity contribution is -0.120. The molecule has 2 aromatic carbocycles. The second-order valence-corrected chi connectivity index (χ2v) is 4.96. The Labute approximate surface area is 127 Å². The van der Waals surface area contributed by atoms with Crippen molar-refractivity contribution in [2.75, 3.05) is 0 Å². The maximum atomic E-state index is 13.1. The molecule has 1 N–H and O–H groups in total. The van der Waals surface area contributed by atoms with Crippen LogP contribution in [0.1, 0.15) is 11.1 Å². The number of hydrogen-bond acceptors (Lipinski definition) is 3. The second kappa shape index (κ2) is 6.30. The fraction of sp³-hybridized carbons (Fsp3) is 0.118. The fourth-order valence-corrected chi connectivity index (χ4v) is 2.21. The van der Waals surface area contributed by atoms with Crippen molar-refractivity contribution in [2.24, 2.45) is 0 Å². The van der Waals surface area contributed by atoms with Gasteiger partial charge in [0.2, 0.25) is 5.91 Å². The molecule has 0 fully saturated rings. The Balaban J connectivity index is 1.62. The number of nitrogens with one attached hydrogen (secondary N) is 1. The van der Waals surface area contributed by atoms with E-state index in [0.29, 0.717) is 12.1 Å². The minimum absolute atomic E-state index is 0.148. The van der Waals surface area contributed by atoms with E-state index in [9.17, 15) is 9.18 Å². The standard InChI is InChI=1S/C17H14FN3O/c18-14-3-1-2-12(8-14)10-17(22)21-11-13-4-5-15-16(9-13)20-7-6-19-15/h1-9H,10-11H2,(H,21,22). The molecule has 0 unspecified atom stereocenters. The summed E-state index contributed by atoms with van der Waals surface area (Å²) in [6, 6.07) is 11.7. The highest BCUT2D eigenvalue weighted by molar-refractivity contribution is 5.79. The third kappa shape index (κ3) is 3.44. The highest BCUT2D eigenvalue weighted by atomic mass is 19.1. The lowest BCUT2D eigenvalue weighted by Gasteiger charge is -2.06. The second-order valence-electron chi connectivity index (χ2n) is 4.96. The van der Waals surface area contributed by atoms with E-state index >= 15 is 0 Å². The molecule has 0 aliphatic carbocycles. The summed E-state index contributed by atoms with van der Waals surface area (Å²) < 4.78 is 13.1. The number of rotatable bonds is 4. The van der Waals surface area contributed by atoms with Gasteiger partial charge in [-0.2, -0.15) is 0 Å². The van der Waals surface area contributed by atoms with Crippen molar-refractivity contribution in [3.05, 3.63) is 71.8 Å². The van der Waals surface area contributed by atoms with Gasteiger partial charge in [0.25, 0.3) is 0 Å². The SMILES string of the molecule is O=C(Cc1cccc(F)c1)NCc1ccc2nccnc2c1. The van der Waals surface area contributed by atoms with Gasteiger partial charge in [-0.15, -0.1) is 0 Å². The fourth-order valence-electron chi connectivity index (χ4n) is 2.21. The molecule has 3 rings (SSSR count). The first-order valence-electron chi connectivity index (χ1n) is 6.91. The molecule has 0 radical (unpaired) electrons. The van der Waals surface area contributed by atoms with Gasteiger partial charge < -0.3 is 5.32 Å². The third-order valence-electron chi connectivity index (χ3n) is 3.28. The summed E-state index contributed by atoms with van der Waals surface area (Å²) in [4.78, 5) is 20.3. The average Bonchev–Trinajstić information content (AvgIpc) is 2.53. The molecule has 22 heavy (non-hydrogen) atoms. The number of nitrogens with zero attached hydrogens (tertiary/aromatic N) is 2. The average molecular weight is 295 g/mol. The number of benzene rings is 2. The predicted molar refractivity (Wildman–Crippen MR) is 81.5 cm³/mol. The van der Waals surface area contributed by atoms with Gasteiger partial charge in [0, 0.05) is 18.9 Å². The first kappa shape index (κ1) is 14.1. The van der Waals surface area contributed by atoms with Gasteiger partial charge in [-0.3, -0.25) is 14.8 Å². The van der Waals surface area contributed by atoms with Crippen LogP contribution in [0.2, 0.25) is 0 Å². The smallest absolute Gasteiger partial charge is 0.224 e. The van der Waals surface area contributed by atoms with Crippen LogP contribution in [-0.4, -0.2) is 15.9 Å². The van der Waals surface area contributed by atoms with Crippen LogP contribution in [0.4, 0.5) is 4.39 Å². The van der Waals surface area contributed by atoms with E-state index < -0.39 is 0 Å². The Morgan fingerprint density at radius 3 is 2.64 bits per heavy atom. The number of fused-ring (bicyclic) bond motifs is 1. The minimum Gasteiger partial charge on any atom is -0.352 e. The highest BCUT2D eigenvalue weighted by Crippen LogP contribution is 2.11. The van der Waals surface area contributed by atoms with Crippen LogP contribution in [0.25, 0.3) is 11.0 Å². The first-order chi connectivity index (χ1) is 10.7. The van der Waals surface area contributed by atoms with E-state index in [1.54, 1.807) is 24.5 Å². The zero-order chi connectivity index (χ0) is 15.4. The molecule has 1 heterocycles. The van der Waals surface area contributed by atoms with Crippen LogP contribution in [0.15, 0.2) is 54.9 Å². The van der Waals surface area contributed by atoms with Gasteiger partial charge in [-0.25, -0.2) is 4.39 Å². The van der Waals surface area contributed by atoms with Gasteiger partial charge in [-0.1, -0.05) is 18.2 Å². The van der Waals surface area contributed by atoms with Crippen molar-refractivity contribution >= 4 is 16.9 Å². The normalized spacial score (nSPS) is 10.6. The maximum absolute atomic E-state index is 13.1. The molecule has 3 aromatic rings. The van der Waals surface area contributed by atoms with Crippen molar-refractivity contribution in [1.29, 1.82) is 0 Å². The molecule has 0 aliphatic heterocycles. The van der Waals surface area contributed by atoms with Crippen LogP contribution >= 0.6 is 0 Å². The van der Waals surface area contributed by atoms with E-state index in [0.717, 1.165) is 16.6 Å². The van der Waals surface area contributed by atoms with Crippen LogP contribution < -0.4 is 5.32 Å². The lowest BCUT2D eigenvalue weighted by Crippen LogP contribution is -2.24. The van der Waals surface area contributed by atoms with Crippen molar-refractivity contribution in [3.63, 3.8) is 0 Å². The lowest BCUT2D eigenvalue weighted by atomic mass is 10.1. The number of carbonyl (C=O) groups is 1. The quantitative estimate of drug-likeness (QED) is 0.805. The summed E-state index contributed by atoms with van der Waals surface area (Å²) in [5.41, 5.74) is 3.21. The maximum Gasteiger partial charge on any atom is 0.224 e. The molecule has 1 amide bonds. The van der Waals surface area contributed by atoms with Crippen LogP contribution in [0.5, 0.6) is 0 Å². The molecule has 1 aromatic heterocycles. The molecule has 0 aliphatic rings. The zero-order valence-electron chi connectivity index (χ0n) is 11.8. The van der Waals surface area contributed by atoms with Gasteiger partial charge in [0.1, 0.15) is 5.82 Å². The summed E-state index contributed by atoms with van der Waals surface area (Å²) in [7, 11) is 0. The molecule has 5 heteroatoms. The molecular formula is C17H14FN3O. The summed E-state index contributed by atoms with van der Waals surface area (Å²) in [6.45, 7) is 0.403. The number of aromatic nitrogens is 2. The predicted octanol–water partition coefficient (Wildman–Crippen LogP) is 2.63. The molecule has 110 valence electrons. The topological polar surface area (TPSA) is 54.9 Å². The zero-order valence-corrected chi connectivity index (χ0v) is 11.8. The summed E-state index contributed by atoms with van der Waals surface area (Å²) in [5.74, 6) is -0.483. The Morgan fingerprint density at radius 1 is 1.00 bits per heavy atom. The molecule has 0 bridgehead atoms. The van der Waals surface area contributed by atoms with Gasteiger partial charge in [0.15, 0.2) is 0 Å². The third-order valence-corrected chi connectivity index (χ3v) is 3.28. The molecule has 0 saturated heterocycles. The minimum atomic E-state index is -0.335. The van der Waals surface area contributed by atoms with E-state index in [1.165, 1.54) is 12.1 Å². The summed E-state index contributed by atoms with van der Waals surface area (Å²) >= 11 is 0. The largest absolute Gasteiger partial charge is 0.352 e. The highest BCUT2D eigenvalue weighted by Gasteiger charge is 2.05. The van der Waals surface area contributed by atoms with Gasteiger partial charge in [0.05, 0.1) is 17.5 Å². The van der Waals surface area contributed by atoms with Crippen molar-refractivity contribution < 1.29 is 9.18 Å². The number of halogens is 1. The van der Waals surface area contributed by atoms with Crippen LogP contribution in [0, 0.1) is 5.82 Å².